The van der Waals surface area contributed by atoms with Crippen molar-refractivity contribution >= 4 is 27.7 Å². The zero-order valence-corrected chi connectivity index (χ0v) is 21.5. The molecule has 0 aromatic heterocycles. The Labute approximate surface area is 200 Å². The van der Waals surface area contributed by atoms with Gasteiger partial charge in [-0.3, -0.25) is 9.59 Å². The van der Waals surface area contributed by atoms with Gasteiger partial charge in [0.15, 0.2) is 6.61 Å². The molecule has 2 rings (SSSR count). The number of benzene rings is 2. The molecule has 0 fully saturated rings. The van der Waals surface area contributed by atoms with Crippen LogP contribution in [-0.4, -0.2) is 35.4 Å². The van der Waals surface area contributed by atoms with E-state index in [2.05, 4.69) is 42.0 Å². The lowest BCUT2D eigenvalue weighted by molar-refractivity contribution is -0.142. The molecule has 0 heterocycles. The number of amides is 2. The molecule has 2 aromatic carbocycles. The van der Waals surface area contributed by atoms with Crippen molar-refractivity contribution in [2.45, 2.75) is 72.0 Å². The summed E-state index contributed by atoms with van der Waals surface area (Å²) in [6, 6.07) is 15.0. The number of carbonyl (C=O) groups is 2. The topological polar surface area (TPSA) is 58.6 Å². The monoisotopic (exact) mass is 502 g/mol. The average Bonchev–Trinajstić information content (AvgIpc) is 2.75. The van der Waals surface area contributed by atoms with Gasteiger partial charge >= 0.3 is 0 Å². The summed E-state index contributed by atoms with van der Waals surface area (Å²) in [6.07, 6.45) is 0.825. The van der Waals surface area contributed by atoms with Crippen molar-refractivity contribution in [1.29, 1.82) is 0 Å². The third-order valence-corrected chi connectivity index (χ3v) is 5.99. The van der Waals surface area contributed by atoms with Gasteiger partial charge in [0.1, 0.15) is 11.8 Å². The van der Waals surface area contributed by atoms with Crippen LogP contribution in [-0.2, 0) is 21.5 Å². The summed E-state index contributed by atoms with van der Waals surface area (Å²) in [5.74, 6) is 0.222. The summed E-state index contributed by atoms with van der Waals surface area (Å²) < 4.78 is 6.70. The summed E-state index contributed by atoms with van der Waals surface area (Å²) in [4.78, 5) is 27.5. The molecule has 5 nitrogen and oxygen atoms in total. The lowest BCUT2D eigenvalue weighted by atomic mass is 9.87. The predicted molar refractivity (Wildman–Crippen MR) is 133 cm³/mol. The average molecular weight is 503 g/mol. The number of nitrogens with zero attached hydrogens (tertiary/aromatic N) is 1. The van der Waals surface area contributed by atoms with E-state index in [1.165, 1.54) is 5.56 Å². The van der Waals surface area contributed by atoms with E-state index in [0.717, 1.165) is 16.5 Å². The van der Waals surface area contributed by atoms with Crippen LogP contribution in [0.2, 0.25) is 0 Å². The first kappa shape index (κ1) is 25.9. The van der Waals surface area contributed by atoms with E-state index in [4.69, 9.17) is 4.74 Å². The molecule has 0 spiro atoms. The van der Waals surface area contributed by atoms with Gasteiger partial charge < -0.3 is 15.0 Å². The molecule has 1 N–H and O–H groups in total. The Kier molecular flexibility index (Phi) is 9.32. The quantitative estimate of drug-likeness (QED) is 0.495. The highest BCUT2D eigenvalue weighted by atomic mass is 79.9. The van der Waals surface area contributed by atoms with Gasteiger partial charge in [-0.05, 0) is 61.1 Å². The Hall–Kier alpha value is -2.34. The van der Waals surface area contributed by atoms with Crippen molar-refractivity contribution in [2.24, 2.45) is 0 Å². The fourth-order valence-corrected chi connectivity index (χ4v) is 3.61. The van der Waals surface area contributed by atoms with Crippen LogP contribution in [0.15, 0.2) is 53.0 Å². The lowest BCUT2D eigenvalue weighted by Gasteiger charge is -2.29. The maximum Gasteiger partial charge on any atom is 0.261 e. The summed E-state index contributed by atoms with van der Waals surface area (Å²) >= 11 is 3.47. The fourth-order valence-electron chi connectivity index (χ4n) is 3.16. The molecule has 0 unspecified atom stereocenters. The van der Waals surface area contributed by atoms with E-state index in [1.54, 1.807) is 11.8 Å². The maximum absolute atomic E-state index is 13.1. The molecular weight excluding hydrogens is 468 g/mol. The Morgan fingerprint density at radius 1 is 1.09 bits per heavy atom. The van der Waals surface area contributed by atoms with Gasteiger partial charge in [0, 0.05) is 17.1 Å². The van der Waals surface area contributed by atoms with Crippen molar-refractivity contribution in [3.63, 3.8) is 0 Å². The number of ether oxygens (including phenoxy) is 1. The predicted octanol–water partition coefficient (Wildman–Crippen LogP) is 5.46. The van der Waals surface area contributed by atoms with Crippen LogP contribution in [0.5, 0.6) is 5.75 Å². The summed E-state index contributed by atoms with van der Waals surface area (Å²) in [5.41, 5.74) is 2.18. The van der Waals surface area contributed by atoms with E-state index in [1.807, 2.05) is 62.4 Å². The molecule has 6 heteroatoms. The van der Waals surface area contributed by atoms with Crippen LogP contribution in [0.3, 0.4) is 0 Å². The molecule has 2 aromatic rings. The van der Waals surface area contributed by atoms with E-state index in [9.17, 15) is 9.59 Å². The van der Waals surface area contributed by atoms with E-state index < -0.39 is 6.04 Å². The third-order valence-electron chi connectivity index (χ3n) is 5.49. The number of hydrogen-bond acceptors (Lipinski definition) is 3. The van der Waals surface area contributed by atoms with Crippen LogP contribution >= 0.6 is 15.9 Å². The molecule has 2 amide bonds. The Bertz CT molecular complexity index is 906. The van der Waals surface area contributed by atoms with Crippen LogP contribution < -0.4 is 10.1 Å². The van der Waals surface area contributed by atoms with Gasteiger partial charge in [-0.15, -0.1) is 0 Å². The maximum atomic E-state index is 13.1. The molecule has 0 radical (unpaired) electrons. The largest absolute Gasteiger partial charge is 0.484 e. The van der Waals surface area contributed by atoms with Crippen LogP contribution in [0.25, 0.3) is 0 Å². The van der Waals surface area contributed by atoms with E-state index in [0.29, 0.717) is 12.3 Å². The smallest absolute Gasteiger partial charge is 0.261 e. The molecule has 0 bridgehead atoms. The number of rotatable bonds is 9. The normalized spacial score (nSPS) is 13.2. The van der Waals surface area contributed by atoms with Crippen molar-refractivity contribution in [2.75, 3.05) is 6.61 Å². The van der Waals surface area contributed by atoms with Gasteiger partial charge in [-0.25, -0.2) is 0 Å². The van der Waals surface area contributed by atoms with E-state index in [-0.39, 0.29) is 29.9 Å². The highest BCUT2D eigenvalue weighted by Gasteiger charge is 2.27. The van der Waals surface area contributed by atoms with Crippen molar-refractivity contribution in [3.05, 3.63) is 64.1 Å². The van der Waals surface area contributed by atoms with E-state index >= 15 is 0 Å². The fraction of sp³-hybridized carbons (Fsp3) is 0.462. The standard InChI is InChI=1S/C26H35BrN2O3/c1-7-18(2)28-25(31)19(3)29(16-20-9-8-10-22(27)15-20)24(30)17-32-23-13-11-21(12-14-23)26(4,5)6/h8-15,18-19H,7,16-17H2,1-6H3,(H,28,31)/t18-,19-/m1/s1. The summed E-state index contributed by atoms with van der Waals surface area (Å²) in [6.45, 7) is 12.4. The second-order valence-electron chi connectivity index (χ2n) is 9.21. The second-order valence-corrected chi connectivity index (χ2v) is 10.1. The molecule has 0 aliphatic rings. The molecule has 0 aliphatic heterocycles. The van der Waals surface area contributed by atoms with Gasteiger partial charge in [-0.2, -0.15) is 0 Å². The van der Waals surface area contributed by atoms with Gasteiger partial charge in [-0.1, -0.05) is 67.9 Å². The number of halogens is 1. The minimum Gasteiger partial charge on any atom is -0.484 e. The first-order valence-corrected chi connectivity index (χ1v) is 11.9. The molecule has 2 atom stereocenters. The number of hydrogen-bond donors (Lipinski definition) is 1. The zero-order chi connectivity index (χ0) is 23.9. The first-order chi connectivity index (χ1) is 15.0. The van der Waals surface area contributed by atoms with Crippen LogP contribution in [0, 0.1) is 0 Å². The highest BCUT2D eigenvalue weighted by molar-refractivity contribution is 9.10. The SMILES string of the molecule is CC[C@@H](C)NC(=O)[C@@H](C)N(Cc1cccc(Br)c1)C(=O)COc1ccc(C(C)(C)C)cc1. The van der Waals surface area contributed by atoms with Crippen molar-refractivity contribution in [3.8, 4) is 5.75 Å². The molecular formula is C26H35BrN2O3. The molecule has 32 heavy (non-hydrogen) atoms. The molecule has 174 valence electrons. The van der Waals surface area contributed by atoms with Crippen molar-refractivity contribution < 1.29 is 14.3 Å². The lowest BCUT2D eigenvalue weighted by Crippen LogP contribution is -2.50. The molecule has 0 saturated heterocycles. The highest BCUT2D eigenvalue weighted by Crippen LogP contribution is 2.24. The van der Waals surface area contributed by atoms with Gasteiger partial charge in [0.25, 0.3) is 5.91 Å². The minimum atomic E-state index is -0.623. The Morgan fingerprint density at radius 3 is 2.31 bits per heavy atom. The number of carbonyl (C=O) groups excluding carboxylic acids is 2. The van der Waals surface area contributed by atoms with Crippen LogP contribution in [0.4, 0.5) is 0 Å². The van der Waals surface area contributed by atoms with Crippen LogP contribution in [0.1, 0.15) is 59.1 Å². The number of nitrogens with one attached hydrogen (secondary N) is 1. The third kappa shape index (κ3) is 7.66. The summed E-state index contributed by atoms with van der Waals surface area (Å²) in [5, 5.41) is 2.97. The zero-order valence-electron chi connectivity index (χ0n) is 19.9. The molecule has 0 aliphatic carbocycles. The van der Waals surface area contributed by atoms with Gasteiger partial charge in [0.05, 0.1) is 0 Å². The van der Waals surface area contributed by atoms with Crippen molar-refractivity contribution in [1.82, 2.24) is 10.2 Å². The first-order valence-electron chi connectivity index (χ1n) is 11.1. The minimum absolute atomic E-state index is 0.0466. The second kappa shape index (κ2) is 11.5. The van der Waals surface area contributed by atoms with Gasteiger partial charge in [0.2, 0.25) is 5.91 Å². The molecule has 0 saturated carbocycles. The summed E-state index contributed by atoms with van der Waals surface area (Å²) in [7, 11) is 0. The Balaban J connectivity index is 2.14. The Morgan fingerprint density at radius 2 is 1.75 bits per heavy atom.